The fraction of sp³-hybridized carbons (Fsp3) is 0.867. The minimum atomic E-state index is -0.829. The van der Waals surface area contributed by atoms with Gasteiger partial charge in [-0.3, -0.25) is 9.59 Å². The lowest BCUT2D eigenvalue weighted by atomic mass is 9.84. The molecule has 0 saturated heterocycles. The molecule has 4 atom stereocenters. The molecule has 0 bridgehead atoms. The molecule has 0 radical (unpaired) electrons. The molecule has 0 aromatic heterocycles. The Morgan fingerprint density at radius 3 is 2.55 bits per heavy atom. The Morgan fingerprint density at radius 2 is 1.85 bits per heavy atom. The van der Waals surface area contributed by atoms with E-state index in [-0.39, 0.29) is 23.9 Å². The maximum absolute atomic E-state index is 12.4. The van der Waals surface area contributed by atoms with Gasteiger partial charge in [-0.1, -0.05) is 25.7 Å². The zero-order valence-electron chi connectivity index (χ0n) is 12.2. The molecule has 20 heavy (non-hydrogen) atoms. The maximum Gasteiger partial charge on any atom is 0.311 e. The first-order chi connectivity index (χ1) is 9.45. The van der Waals surface area contributed by atoms with Crippen molar-refractivity contribution in [3.05, 3.63) is 0 Å². The third-order valence-corrected chi connectivity index (χ3v) is 5.17. The Labute approximate surface area is 120 Å². The number of carboxylic acid groups (broad SMARTS) is 1. The van der Waals surface area contributed by atoms with Gasteiger partial charge in [0.25, 0.3) is 0 Å². The van der Waals surface area contributed by atoms with Gasteiger partial charge in [-0.2, -0.15) is 0 Å². The van der Waals surface area contributed by atoms with E-state index >= 15 is 0 Å². The van der Waals surface area contributed by atoms with E-state index in [1.54, 1.807) is 6.92 Å². The van der Waals surface area contributed by atoms with Crippen LogP contribution in [0, 0.1) is 11.3 Å². The van der Waals surface area contributed by atoms with Gasteiger partial charge in [0.15, 0.2) is 0 Å². The fourth-order valence-electron chi connectivity index (χ4n) is 3.59. The molecule has 5 heteroatoms. The summed E-state index contributed by atoms with van der Waals surface area (Å²) in [6, 6.07) is -0.349. The monoisotopic (exact) mass is 282 g/mol. The minimum absolute atomic E-state index is 0.0428. The van der Waals surface area contributed by atoms with Gasteiger partial charge in [0.05, 0.1) is 11.3 Å². The van der Waals surface area contributed by atoms with Crippen LogP contribution >= 0.6 is 0 Å². The number of carboxylic acids is 1. The highest BCUT2D eigenvalue weighted by Crippen LogP contribution is 2.38. The Morgan fingerprint density at radius 1 is 1.15 bits per heavy atom. The highest BCUT2D eigenvalue weighted by molar-refractivity contribution is 5.82. The summed E-state index contributed by atoms with van der Waals surface area (Å²) in [6.07, 6.45) is 7.19. The molecule has 4 N–H and O–H groups in total. The zero-order chi connectivity index (χ0) is 14.8. The van der Waals surface area contributed by atoms with E-state index < -0.39 is 11.4 Å². The molecule has 0 aliphatic heterocycles. The molecule has 0 spiro atoms. The number of carbonyl (C=O) groups is 2. The first-order valence-electron chi connectivity index (χ1n) is 7.74. The second-order valence-electron chi connectivity index (χ2n) is 6.58. The number of rotatable bonds is 3. The average Bonchev–Trinajstić information content (AvgIpc) is 2.63. The summed E-state index contributed by atoms with van der Waals surface area (Å²) in [7, 11) is 0. The lowest BCUT2D eigenvalue weighted by molar-refractivity contribution is -0.149. The Hall–Kier alpha value is -1.10. The van der Waals surface area contributed by atoms with Crippen molar-refractivity contribution in [3.8, 4) is 0 Å². The van der Waals surface area contributed by atoms with Crippen LogP contribution in [0.4, 0.5) is 0 Å². The second-order valence-corrected chi connectivity index (χ2v) is 6.58. The van der Waals surface area contributed by atoms with Crippen molar-refractivity contribution in [2.45, 2.75) is 70.4 Å². The molecule has 2 rings (SSSR count). The van der Waals surface area contributed by atoms with Crippen molar-refractivity contribution in [2.24, 2.45) is 17.1 Å². The topological polar surface area (TPSA) is 92.4 Å². The van der Waals surface area contributed by atoms with E-state index in [4.69, 9.17) is 5.73 Å². The largest absolute Gasteiger partial charge is 0.481 e. The van der Waals surface area contributed by atoms with Crippen LogP contribution in [0.1, 0.15) is 58.3 Å². The number of carbonyl (C=O) groups excluding carboxylic acids is 1. The third-order valence-electron chi connectivity index (χ3n) is 5.17. The normalized spacial score (nSPS) is 38.2. The summed E-state index contributed by atoms with van der Waals surface area (Å²) in [5.41, 5.74) is 5.28. The third kappa shape index (κ3) is 2.97. The van der Waals surface area contributed by atoms with Gasteiger partial charge in [-0.15, -0.1) is 0 Å². The molecule has 114 valence electrons. The van der Waals surface area contributed by atoms with E-state index in [9.17, 15) is 14.7 Å². The van der Waals surface area contributed by atoms with Gasteiger partial charge in [0.2, 0.25) is 5.91 Å². The summed E-state index contributed by atoms with van der Waals surface area (Å²) in [5.74, 6) is -1.01. The van der Waals surface area contributed by atoms with Gasteiger partial charge in [-0.05, 0) is 32.6 Å². The molecule has 0 heterocycles. The molecule has 2 aliphatic rings. The van der Waals surface area contributed by atoms with Crippen molar-refractivity contribution in [1.29, 1.82) is 0 Å². The SMILES string of the molecule is CC1(C(=O)O)CCCC1NC(=O)C1CCCCCC1N. The molecule has 5 nitrogen and oxygen atoms in total. The number of nitrogens with two attached hydrogens (primary N) is 1. The Balaban J connectivity index is 2.01. The highest BCUT2D eigenvalue weighted by atomic mass is 16.4. The molecule has 2 fully saturated rings. The Bertz CT molecular complexity index is 385. The zero-order valence-corrected chi connectivity index (χ0v) is 12.2. The number of amides is 1. The molecule has 2 saturated carbocycles. The summed E-state index contributed by atoms with van der Waals surface area (Å²) in [4.78, 5) is 23.9. The van der Waals surface area contributed by atoms with Crippen LogP contribution in [-0.2, 0) is 9.59 Å². The van der Waals surface area contributed by atoms with Crippen LogP contribution in [0.25, 0.3) is 0 Å². The second kappa shape index (κ2) is 6.12. The summed E-state index contributed by atoms with van der Waals surface area (Å²) in [5, 5.41) is 12.4. The van der Waals surface area contributed by atoms with Crippen LogP contribution in [0.2, 0.25) is 0 Å². The number of hydrogen-bond acceptors (Lipinski definition) is 3. The van der Waals surface area contributed by atoms with Crippen molar-refractivity contribution in [3.63, 3.8) is 0 Å². The molecule has 0 aromatic carbocycles. The number of nitrogens with one attached hydrogen (secondary N) is 1. The predicted molar refractivity (Wildman–Crippen MR) is 76.1 cm³/mol. The molecular formula is C15H26N2O3. The minimum Gasteiger partial charge on any atom is -0.481 e. The molecule has 2 aliphatic carbocycles. The van der Waals surface area contributed by atoms with Crippen molar-refractivity contribution in [2.75, 3.05) is 0 Å². The van der Waals surface area contributed by atoms with Crippen LogP contribution in [0.15, 0.2) is 0 Å². The average molecular weight is 282 g/mol. The van der Waals surface area contributed by atoms with Gasteiger partial charge in [-0.25, -0.2) is 0 Å². The quantitative estimate of drug-likeness (QED) is 0.686. The van der Waals surface area contributed by atoms with Crippen molar-refractivity contribution < 1.29 is 14.7 Å². The van der Waals surface area contributed by atoms with Crippen LogP contribution in [0.3, 0.4) is 0 Å². The fourth-order valence-corrected chi connectivity index (χ4v) is 3.59. The number of aliphatic carboxylic acids is 1. The lowest BCUT2D eigenvalue weighted by Gasteiger charge is -2.30. The van der Waals surface area contributed by atoms with Crippen molar-refractivity contribution in [1.82, 2.24) is 5.32 Å². The van der Waals surface area contributed by atoms with Gasteiger partial charge in [0, 0.05) is 12.1 Å². The molecular weight excluding hydrogens is 256 g/mol. The smallest absolute Gasteiger partial charge is 0.311 e. The lowest BCUT2D eigenvalue weighted by Crippen LogP contribution is -2.51. The molecule has 0 aromatic rings. The Kier molecular flexibility index (Phi) is 4.68. The summed E-state index contributed by atoms with van der Waals surface area (Å²) < 4.78 is 0. The molecule has 1 amide bonds. The van der Waals surface area contributed by atoms with Gasteiger partial charge in [0.1, 0.15) is 0 Å². The molecule has 4 unspecified atom stereocenters. The van der Waals surface area contributed by atoms with Crippen molar-refractivity contribution >= 4 is 11.9 Å². The standard InChI is InChI=1S/C15H26N2O3/c1-15(14(19)20)9-5-8-12(15)17-13(18)10-6-3-2-4-7-11(10)16/h10-12H,2-9,16H2,1H3,(H,17,18)(H,19,20). The summed E-state index contributed by atoms with van der Waals surface area (Å²) in [6.45, 7) is 1.74. The maximum atomic E-state index is 12.4. The highest BCUT2D eigenvalue weighted by Gasteiger charge is 2.46. The van der Waals surface area contributed by atoms with Crippen LogP contribution < -0.4 is 11.1 Å². The summed E-state index contributed by atoms with van der Waals surface area (Å²) >= 11 is 0. The number of hydrogen-bond donors (Lipinski definition) is 3. The van der Waals surface area contributed by atoms with E-state index in [0.29, 0.717) is 6.42 Å². The first-order valence-corrected chi connectivity index (χ1v) is 7.74. The van der Waals surface area contributed by atoms with E-state index in [2.05, 4.69) is 5.32 Å². The van der Waals surface area contributed by atoms with E-state index in [1.807, 2.05) is 0 Å². The van der Waals surface area contributed by atoms with Gasteiger partial charge >= 0.3 is 5.97 Å². The van der Waals surface area contributed by atoms with E-state index in [0.717, 1.165) is 44.9 Å². The predicted octanol–water partition coefficient (Wildman–Crippen LogP) is 1.65. The van der Waals surface area contributed by atoms with Gasteiger partial charge < -0.3 is 16.2 Å². The first kappa shape index (κ1) is 15.3. The van der Waals surface area contributed by atoms with Crippen LogP contribution in [-0.4, -0.2) is 29.1 Å². The van der Waals surface area contributed by atoms with E-state index in [1.165, 1.54) is 0 Å². The van der Waals surface area contributed by atoms with Crippen LogP contribution in [0.5, 0.6) is 0 Å².